The molecule has 2 aromatic rings. The van der Waals surface area contributed by atoms with Gasteiger partial charge in [0.2, 0.25) is 0 Å². The fraction of sp³-hybridized carbons (Fsp3) is 0.417. The van der Waals surface area contributed by atoms with Crippen LogP contribution in [0.4, 0.5) is 0 Å². The maximum absolute atomic E-state index is 4.00. The number of hydrogen-bond acceptors (Lipinski definition) is 4. The molecule has 2 rings (SSSR count). The van der Waals surface area contributed by atoms with Gasteiger partial charge in [0.05, 0.1) is 12.4 Å². The van der Waals surface area contributed by atoms with E-state index in [0.717, 1.165) is 18.8 Å². The highest BCUT2D eigenvalue weighted by atomic mass is 32.1. The Balaban J connectivity index is 1.86. The fourth-order valence-electron chi connectivity index (χ4n) is 1.74. The van der Waals surface area contributed by atoms with Gasteiger partial charge in [-0.05, 0) is 25.5 Å². The minimum Gasteiger partial charge on any atom is -0.347 e. The molecule has 92 valence electrons. The van der Waals surface area contributed by atoms with E-state index in [2.05, 4.69) is 51.8 Å². The third-order valence-corrected chi connectivity index (χ3v) is 3.68. The van der Waals surface area contributed by atoms with Crippen molar-refractivity contribution in [2.75, 3.05) is 20.6 Å². The molecule has 4 nitrogen and oxygen atoms in total. The molecule has 2 N–H and O–H groups in total. The number of nitrogens with zero attached hydrogens (tertiary/aromatic N) is 2. The molecule has 0 spiro atoms. The van der Waals surface area contributed by atoms with E-state index in [0.29, 0.717) is 6.04 Å². The van der Waals surface area contributed by atoms with Crippen LogP contribution in [-0.2, 0) is 6.54 Å². The predicted molar refractivity (Wildman–Crippen MR) is 71.0 cm³/mol. The van der Waals surface area contributed by atoms with Crippen molar-refractivity contribution in [3.63, 3.8) is 0 Å². The number of rotatable bonds is 6. The lowest BCUT2D eigenvalue weighted by molar-refractivity contribution is 0.292. The van der Waals surface area contributed by atoms with Crippen LogP contribution < -0.4 is 5.32 Å². The van der Waals surface area contributed by atoms with Crippen molar-refractivity contribution >= 4 is 11.3 Å². The van der Waals surface area contributed by atoms with Crippen LogP contribution in [0.25, 0.3) is 0 Å². The van der Waals surface area contributed by atoms with Crippen LogP contribution in [0.1, 0.15) is 16.6 Å². The standard InChI is InChI=1S/C12H18N4S/c1-16(2)11(12-4-3-5-17-12)8-13-6-10-7-14-9-15-10/h3-5,7,9,11,13H,6,8H2,1-2H3,(H,14,15). The molecule has 2 heterocycles. The molecular weight excluding hydrogens is 232 g/mol. The van der Waals surface area contributed by atoms with Gasteiger partial charge in [-0.1, -0.05) is 6.07 Å². The molecule has 0 saturated carbocycles. The van der Waals surface area contributed by atoms with Gasteiger partial charge in [-0.2, -0.15) is 0 Å². The van der Waals surface area contributed by atoms with Crippen molar-refractivity contribution in [3.8, 4) is 0 Å². The summed E-state index contributed by atoms with van der Waals surface area (Å²) in [7, 11) is 4.23. The first-order chi connectivity index (χ1) is 8.27. The second kappa shape index (κ2) is 5.95. The Morgan fingerprint density at radius 3 is 3.00 bits per heavy atom. The average molecular weight is 250 g/mol. The van der Waals surface area contributed by atoms with Crippen LogP contribution in [0.15, 0.2) is 30.0 Å². The van der Waals surface area contributed by atoms with Crippen molar-refractivity contribution in [2.24, 2.45) is 0 Å². The van der Waals surface area contributed by atoms with E-state index in [9.17, 15) is 0 Å². The van der Waals surface area contributed by atoms with Gasteiger partial charge in [0.25, 0.3) is 0 Å². The van der Waals surface area contributed by atoms with Gasteiger partial charge in [0.15, 0.2) is 0 Å². The zero-order valence-electron chi connectivity index (χ0n) is 10.2. The molecule has 0 bridgehead atoms. The molecule has 1 unspecified atom stereocenters. The smallest absolute Gasteiger partial charge is 0.0922 e. The summed E-state index contributed by atoms with van der Waals surface area (Å²) < 4.78 is 0. The Morgan fingerprint density at radius 2 is 2.41 bits per heavy atom. The van der Waals surface area contributed by atoms with Gasteiger partial charge >= 0.3 is 0 Å². The molecule has 0 amide bonds. The van der Waals surface area contributed by atoms with Crippen LogP contribution in [0, 0.1) is 0 Å². The van der Waals surface area contributed by atoms with E-state index in [-0.39, 0.29) is 0 Å². The Labute approximate surface area is 106 Å². The zero-order chi connectivity index (χ0) is 12.1. The van der Waals surface area contributed by atoms with Gasteiger partial charge in [0.1, 0.15) is 0 Å². The van der Waals surface area contributed by atoms with Crippen LogP contribution in [0.2, 0.25) is 0 Å². The van der Waals surface area contributed by atoms with Crippen molar-refractivity contribution in [3.05, 3.63) is 40.6 Å². The highest BCUT2D eigenvalue weighted by Gasteiger charge is 2.14. The second-order valence-corrected chi connectivity index (χ2v) is 5.18. The van der Waals surface area contributed by atoms with Crippen LogP contribution in [-0.4, -0.2) is 35.5 Å². The third-order valence-electron chi connectivity index (χ3n) is 2.70. The molecule has 1 atom stereocenters. The second-order valence-electron chi connectivity index (χ2n) is 4.20. The van der Waals surface area contributed by atoms with E-state index in [1.165, 1.54) is 4.88 Å². The lowest BCUT2D eigenvalue weighted by Crippen LogP contribution is -2.30. The number of aromatic nitrogens is 2. The topological polar surface area (TPSA) is 44.0 Å². The number of imidazole rings is 1. The average Bonchev–Trinajstić information content (AvgIpc) is 2.96. The Morgan fingerprint density at radius 1 is 1.53 bits per heavy atom. The number of nitrogens with one attached hydrogen (secondary N) is 2. The highest BCUT2D eigenvalue weighted by Crippen LogP contribution is 2.22. The predicted octanol–water partition coefficient (Wildman–Crippen LogP) is 1.86. The maximum atomic E-state index is 4.00. The summed E-state index contributed by atoms with van der Waals surface area (Å²) in [5.74, 6) is 0. The van der Waals surface area contributed by atoms with Gasteiger partial charge in [-0.3, -0.25) is 0 Å². The lowest BCUT2D eigenvalue weighted by atomic mass is 10.2. The maximum Gasteiger partial charge on any atom is 0.0922 e. The van der Waals surface area contributed by atoms with E-state index < -0.39 is 0 Å². The fourth-order valence-corrected chi connectivity index (χ4v) is 2.67. The SMILES string of the molecule is CN(C)C(CNCc1cnc[nH]1)c1cccs1. The summed E-state index contributed by atoms with van der Waals surface area (Å²) in [6.45, 7) is 1.77. The number of H-pyrrole nitrogens is 1. The molecule has 0 aliphatic rings. The quantitative estimate of drug-likeness (QED) is 0.822. The van der Waals surface area contributed by atoms with Crippen LogP contribution in [0.3, 0.4) is 0 Å². The van der Waals surface area contributed by atoms with Gasteiger partial charge in [0, 0.05) is 29.9 Å². The Hall–Kier alpha value is -1.17. The summed E-state index contributed by atoms with van der Waals surface area (Å²) in [5.41, 5.74) is 1.12. The zero-order valence-corrected chi connectivity index (χ0v) is 11.0. The largest absolute Gasteiger partial charge is 0.347 e. The van der Waals surface area contributed by atoms with Gasteiger partial charge < -0.3 is 15.2 Å². The minimum atomic E-state index is 0.429. The van der Waals surface area contributed by atoms with Gasteiger partial charge in [-0.15, -0.1) is 11.3 Å². The third kappa shape index (κ3) is 3.39. The molecule has 5 heteroatoms. The van der Waals surface area contributed by atoms with Gasteiger partial charge in [-0.25, -0.2) is 4.98 Å². The lowest BCUT2D eigenvalue weighted by Gasteiger charge is -2.23. The van der Waals surface area contributed by atoms with E-state index in [4.69, 9.17) is 0 Å². The molecule has 0 radical (unpaired) electrons. The Kier molecular flexibility index (Phi) is 4.30. The molecular formula is C12H18N4S. The van der Waals surface area contributed by atoms with Crippen molar-refractivity contribution in [2.45, 2.75) is 12.6 Å². The minimum absolute atomic E-state index is 0.429. The van der Waals surface area contributed by atoms with E-state index in [1.807, 2.05) is 6.20 Å². The molecule has 0 saturated heterocycles. The summed E-state index contributed by atoms with van der Waals surface area (Å²) >= 11 is 1.81. The summed E-state index contributed by atoms with van der Waals surface area (Å²) in [4.78, 5) is 10.7. The summed E-state index contributed by atoms with van der Waals surface area (Å²) in [5, 5.41) is 5.58. The summed E-state index contributed by atoms with van der Waals surface area (Å²) in [6.07, 6.45) is 3.56. The number of aromatic amines is 1. The molecule has 17 heavy (non-hydrogen) atoms. The van der Waals surface area contributed by atoms with E-state index >= 15 is 0 Å². The molecule has 2 aromatic heterocycles. The van der Waals surface area contributed by atoms with Crippen molar-refractivity contribution in [1.82, 2.24) is 20.2 Å². The van der Waals surface area contributed by atoms with Crippen molar-refractivity contribution in [1.29, 1.82) is 0 Å². The first kappa shape index (κ1) is 12.3. The Bertz CT molecular complexity index is 408. The molecule has 0 aliphatic carbocycles. The molecule has 0 aliphatic heterocycles. The van der Waals surface area contributed by atoms with Crippen molar-refractivity contribution < 1.29 is 0 Å². The monoisotopic (exact) mass is 250 g/mol. The highest BCUT2D eigenvalue weighted by molar-refractivity contribution is 7.10. The first-order valence-electron chi connectivity index (χ1n) is 5.65. The molecule has 0 aromatic carbocycles. The first-order valence-corrected chi connectivity index (χ1v) is 6.53. The number of thiophene rings is 1. The normalized spacial score (nSPS) is 13.1. The van der Waals surface area contributed by atoms with E-state index in [1.54, 1.807) is 17.7 Å². The number of likely N-dealkylation sites (N-methyl/N-ethyl adjacent to an activating group) is 1. The number of hydrogen-bond donors (Lipinski definition) is 2. The molecule has 0 fully saturated rings. The van der Waals surface area contributed by atoms with Crippen LogP contribution >= 0.6 is 11.3 Å². The van der Waals surface area contributed by atoms with Crippen LogP contribution in [0.5, 0.6) is 0 Å². The summed E-state index contributed by atoms with van der Waals surface area (Å²) in [6, 6.07) is 4.72.